The second kappa shape index (κ2) is 9.84. The number of aromatic nitrogens is 1. The van der Waals surface area contributed by atoms with Crippen LogP contribution in [0.25, 0.3) is 0 Å². The number of anilines is 1. The van der Waals surface area contributed by atoms with Crippen LogP contribution in [0.2, 0.25) is 4.34 Å². The smallest absolute Gasteiger partial charge is 0.266 e. The molecule has 0 spiro atoms. The molecule has 0 fully saturated rings. The van der Waals surface area contributed by atoms with E-state index in [1.807, 2.05) is 24.6 Å². The Balaban J connectivity index is 0.00000155. The predicted molar refractivity (Wildman–Crippen MR) is 112 cm³/mol. The number of hydrogen-bond donors (Lipinski definition) is 1. The molecule has 0 aliphatic heterocycles. The molecule has 0 atom stereocenters. The lowest BCUT2D eigenvalue weighted by Crippen LogP contribution is -2.15. The van der Waals surface area contributed by atoms with Crippen molar-refractivity contribution in [3.8, 4) is 17.6 Å². The monoisotopic (exact) mass is 471 g/mol. The summed E-state index contributed by atoms with van der Waals surface area (Å²) >= 11 is 6.50. The van der Waals surface area contributed by atoms with Crippen LogP contribution < -0.4 is 9.46 Å². The molecule has 11 heteroatoms. The molecule has 158 valence electrons. The van der Waals surface area contributed by atoms with Gasteiger partial charge >= 0.3 is 0 Å². The zero-order chi connectivity index (χ0) is 22.5. The number of benzene rings is 2. The Hall–Kier alpha value is -2.74. The Morgan fingerprint density at radius 1 is 1.17 bits per heavy atom. The summed E-state index contributed by atoms with van der Waals surface area (Å²) in [5.41, 5.74) is 0.907. The van der Waals surface area contributed by atoms with E-state index in [1.165, 1.54) is 24.4 Å². The lowest BCUT2D eigenvalue weighted by molar-refractivity contribution is 0.429. The maximum absolute atomic E-state index is 14.4. The molecule has 1 heterocycles. The number of nitriles is 1. The first-order chi connectivity index (χ1) is 14.2. The predicted octanol–water partition coefficient (Wildman–Crippen LogP) is 5.87. The number of ether oxygens (including phenoxy) is 1. The first-order valence-electron chi connectivity index (χ1n) is 8.51. The normalized spacial score (nSPS) is 10.6. The molecule has 0 aliphatic carbocycles. The Kier molecular flexibility index (Phi) is 7.72. The number of nitrogens with zero attached hydrogens (tertiary/aromatic N) is 2. The molecule has 2 aromatic carbocycles. The zero-order valence-corrected chi connectivity index (χ0v) is 18.4. The number of sulfonamides is 1. The number of thiazole rings is 1. The van der Waals surface area contributed by atoms with E-state index in [-0.39, 0.29) is 15.2 Å². The summed E-state index contributed by atoms with van der Waals surface area (Å²) in [7, 11) is -4.43. The van der Waals surface area contributed by atoms with Crippen LogP contribution in [0, 0.1) is 29.9 Å². The van der Waals surface area contributed by atoms with Gasteiger partial charge in [0.1, 0.15) is 20.8 Å². The van der Waals surface area contributed by atoms with E-state index in [4.69, 9.17) is 21.6 Å². The molecule has 3 aromatic rings. The lowest BCUT2D eigenvalue weighted by Gasteiger charge is -2.12. The Morgan fingerprint density at radius 3 is 2.43 bits per heavy atom. The van der Waals surface area contributed by atoms with Crippen LogP contribution in [0.4, 0.5) is 13.9 Å². The molecule has 1 aromatic heterocycles. The molecule has 6 nitrogen and oxygen atoms in total. The van der Waals surface area contributed by atoms with Gasteiger partial charge in [0.05, 0.1) is 17.8 Å². The summed E-state index contributed by atoms with van der Waals surface area (Å²) in [5, 5.41) is 8.78. The summed E-state index contributed by atoms with van der Waals surface area (Å²) in [4.78, 5) is 2.81. The van der Waals surface area contributed by atoms with Crippen molar-refractivity contribution in [2.24, 2.45) is 0 Å². The van der Waals surface area contributed by atoms with Gasteiger partial charge in [0.25, 0.3) is 10.0 Å². The summed E-state index contributed by atoms with van der Waals surface area (Å²) in [6, 6.07) is 7.51. The van der Waals surface area contributed by atoms with Crippen molar-refractivity contribution < 1.29 is 21.9 Å². The van der Waals surface area contributed by atoms with Crippen LogP contribution in [0.3, 0.4) is 0 Å². The van der Waals surface area contributed by atoms with Crippen LogP contribution in [0.15, 0.2) is 41.4 Å². The standard InChI is InChI=1S/C17H10ClF2N3O3S2.C2H6/c1-9-4-10(7-21)2-3-13(9)26-14-5-12(20)15(6-11(14)19)28(24,25)23-17-22-8-16(18)27-17;1-2/h2-6,8H,1H3,(H,22,23);1-2H3. The number of rotatable bonds is 5. The summed E-state index contributed by atoms with van der Waals surface area (Å²) in [6.45, 7) is 5.63. The Bertz CT molecular complexity index is 1210. The van der Waals surface area contributed by atoms with Gasteiger partial charge in [-0.05, 0) is 30.7 Å². The van der Waals surface area contributed by atoms with Crippen LogP contribution in [0.1, 0.15) is 25.0 Å². The fourth-order valence-corrected chi connectivity index (χ4v) is 4.34. The molecule has 1 N–H and O–H groups in total. The maximum atomic E-state index is 14.4. The molecular formula is C19H16ClF2N3O3S2. The second-order valence-electron chi connectivity index (χ2n) is 5.48. The first-order valence-corrected chi connectivity index (χ1v) is 11.2. The fraction of sp³-hybridized carbons (Fsp3) is 0.158. The highest BCUT2D eigenvalue weighted by Crippen LogP contribution is 2.32. The number of halogens is 3. The quantitative estimate of drug-likeness (QED) is 0.502. The lowest BCUT2D eigenvalue weighted by atomic mass is 10.1. The van der Waals surface area contributed by atoms with Gasteiger partial charge in [-0.3, -0.25) is 4.72 Å². The summed E-state index contributed by atoms with van der Waals surface area (Å²) < 4.78 is 61.0. The van der Waals surface area contributed by atoms with E-state index >= 15 is 0 Å². The molecule has 30 heavy (non-hydrogen) atoms. The highest BCUT2D eigenvalue weighted by atomic mass is 35.5. The molecule has 0 radical (unpaired) electrons. The van der Waals surface area contributed by atoms with E-state index in [9.17, 15) is 17.2 Å². The molecule has 0 aliphatic rings. The SMILES string of the molecule is CC.Cc1cc(C#N)ccc1Oc1cc(F)c(S(=O)(=O)Nc2ncc(Cl)s2)cc1F. The minimum Gasteiger partial charge on any atom is -0.454 e. The van der Waals surface area contributed by atoms with Gasteiger partial charge < -0.3 is 4.74 Å². The molecular weight excluding hydrogens is 456 g/mol. The highest BCUT2D eigenvalue weighted by molar-refractivity contribution is 7.93. The van der Waals surface area contributed by atoms with E-state index in [1.54, 1.807) is 6.92 Å². The van der Waals surface area contributed by atoms with Crippen LogP contribution >= 0.6 is 22.9 Å². The van der Waals surface area contributed by atoms with Crippen LogP contribution in [0.5, 0.6) is 11.5 Å². The topological polar surface area (TPSA) is 92.1 Å². The van der Waals surface area contributed by atoms with Crippen molar-refractivity contribution in [3.63, 3.8) is 0 Å². The maximum Gasteiger partial charge on any atom is 0.266 e. The van der Waals surface area contributed by atoms with Gasteiger partial charge in [-0.25, -0.2) is 22.2 Å². The van der Waals surface area contributed by atoms with E-state index in [0.29, 0.717) is 23.3 Å². The first kappa shape index (κ1) is 23.5. The fourth-order valence-electron chi connectivity index (χ4n) is 2.22. The minimum absolute atomic E-state index is 0.0849. The van der Waals surface area contributed by atoms with Gasteiger partial charge in [0.15, 0.2) is 16.7 Å². The molecule has 0 bridgehead atoms. The van der Waals surface area contributed by atoms with Crippen molar-refractivity contribution in [1.82, 2.24) is 4.98 Å². The third kappa shape index (κ3) is 5.44. The van der Waals surface area contributed by atoms with Gasteiger partial charge in [-0.2, -0.15) is 5.26 Å². The van der Waals surface area contributed by atoms with Gasteiger partial charge in [0.2, 0.25) is 0 Å². The van der Waals surface area contributed by atoms with Crippen LogP contribution in [-0.2, 0) is 10.0 Å². The van der Waals surface area contributed by atoms with E-state index in [0.717, 1.165) is 11.3 Å². The Labute approximate surface area is 181 Å². The minimum atomic E-state index is -4.43. The largest absolute Gasteiger partial charge is 0.454 e. The molecule has 0 unspecified atom stereocenters. The molecule has 3 rings (SSSR count). The van der Waals surface area contributed by atoms with Crippen molar-refractivity contribution in [2.45, 2.75) is 25.7 Å². The van der Waals surface area contributed by atoms with Crippen molar-refractivity contribution in [3.05, 3.63) is 63.6 Å². The van der Waals surface area contributed by atoms with Gasteiger partial charge in [0, 0.05) is 12.1 Å². The molecule has 0 saturated carbocycles. The number of hydrogen-bond acceptors (Lipinski definition) is 6. The number of aryl methyl sites for hydroxylation is 1. The highest BCUT2D eigenvalue weighted by Gasteiger charge is 2.24. The van der Waals surface area contributed by atoms with E-state index in [2.05, 4.69) is 4.98 Å². The zero-order valence-electron chi connectivity index (χ0n) is 16.0. The van der Waals surface area contributed by atoms with Crippen molar-refractivity contribution in [1.29, 1.82) is 5.26 Å². The van der Waals surface area contributed by atoms with Gasteiger partial charge in [-0.15, -0.1) is 0 Å². The summed E-state index contributed by atoms with van der Waals surface area (Å²) in [5.74, 6) is -2.59. The second-order valence-corrected chi connectivity index (χ2v) is 8.79. The van der Waals surface area contributed by atoms with Crippen LogP contribution in [-0.4, -0.2) is 13.4 Å². The van der Waals surface area contributed by atoms with E-state index < -0.39 is 32.3 Å². The Morgan fingerprint density at radius 2 is 1.87 bits per heavy atom. The average molecular weight is 472 g/mol. The third-order valence-electron chi connectivity index (χ3n) is 3.50. The van der Waals surface area contributed by atoms with Crippen molar-refractivity contribution in [2.75, 3.05) is 4.72 Å². The average Bonchev–Trinajstić information content (AvgIpc) is 3.11. The van der Waals surface area contributed by atoms with Crippen molar-refractivity contribution >= 4 is 38.1 Å². The number of nitrogens with one attached hydrogen (secondary N) is 1. The summed E-state index contributed by atoms with van der Waals surface area (Å²) in [6.07, 6.45) is 1.22. The molecule has 0 amide bonds. The van der Waals surface area contributed by atoms with Gasteiger partial charge in [-0.1, -0.05) is 36.8 Å². The third-order valence-corrected chi connectivity index (χ3v) is 6.01. The molecule has 0 saturated heterocycles.